The number of carbonyl (C=O) groups is 1. The van der Waals surface area contributed by atoms with E-state index in [1.165, 1.54) is 24.3 Å². The van der Waals surface area contributed by atoms with Crippen LogP contribution in [0.2, 0.25) is 0 Å². The summed E-state index contributed by atoms with van der Waals surface area (Å²) in [6.45, 7) is 2.17. The Bertz CT molecular complexity index is 781. The first-order chi connectivity index (χ1) is 12.5. The number of aliphatic carboxylic acids is 1. The van der Waals surface area contributed by atoms with Crippen LogP contribution in [0.5, 0.6) is 5.75 Å². The standard InChI is InChI=1S/C21H22F2O3/c1-2-26-19-12-17(20(21(24)25)14-5-3-4-6-14)18(23)11-16(19)13-7-9-15(22)10-8-13/h7-12,14,20H,2-6H2,1H3,(H,24,25). The molecular weight excluding hydrogens is 338 g/mol. The van der Waals surface area contributed by atoms with E-state index in [0.717, 1.165) is 25.7 Å². The second-order valence-corrected chi connectivity index (χ2v) is 6.67. The van der Waals surface area contributed by atoms with Crippen molar-refractivity contribution in [1.82, 2.24) is 0 Å². The fourth-order valence-corrected chi connectivity index (χ4v) is 3.82. The Morgan fingerprint density at radius 3 is 2.42 bits per heavy atom. The molecule has 0 radical (unpaired) electrons. The predicted molar refractivity (Wildman–Crippen MR) is 95.3 cm³/mol. The summed E-state index contributed by atoms with van der Waals surface area (Å²) < 4.78 is 33.8. The number of carboxylic acid groups (broad SMARTS) is 1. The third kappa shape index (κ3) is 3.71. The molecule has 5 heteroatoms. The van der Waals surface area contributed by atoms with Gasteiger partial charge in [-0.1, -0.05) is 25.0 Å². The van der Waals surface area contributed by atoms with Gasteiger partial charge in [0.2, 0.25) is 0 Å². The van der Waals surface area contributed by atoms with E-state index >= 15 is 0 Å². The van der Waals surface area contributed by atoms with Crippen molar-refractivity contribution in [2.45, 2.75) is 38.5 Å². The molecule has 2 aromatic carbocycles. The number of hydrogen-bond donors (Lipinski definition) is 1. The van der Waals surface area contributed by atoms with Crippen molar-refractivity contribution in [3.63, 3.8) is 0 Å². The van der Waals surface area contributed by atoms with E-state index in [1.807, 2.05) is 6.92 Å². The molecule has 0 saturated heterocycles. The van der Waals surface area contributed by atoms with Gasteiger partial charge < -0.3 is 9.84 Å². The molecule has 1 aliphatic rings. The van der Waals surface area contributed by atoms with Crippen molar-refractivity contribution in [2.75, 3.05) is 6.61 Å². The molecule has 0 bridgehead atoms. The van der Waals surface area contributed by atoms with Gasteiger partial charge in [-0.15, -0.1) is 0 Å². The highest BCUT2D eigenvalue weighted by Gasteiger charge is 2.34. The van der Waals surface area contributed by atoms with Gasteiger partial charge in [0.15, 0.2) is 0 Å². The molecular formula is C21H22F2O3. The lowest BCUT2D eigenvalue weighted by atomic mass is 9.83. The maximum absolute atomic E-state index is 14.9. The van der Waals surface area contributed by atoms with Gasteiger partial charge in [-0.05, 0) is 55.5 Å². The van der Waals surface area contributed by atoms with Crippen LogP contribution in [0.15, 0.2) is 36.4 Å². The van der Waals surface area contributed by atoms with Gasteiger partial charge >= 0.3 is 5.97 Å². The highest BCUT2D eigenvalue weighted by atomic mass is 19.1. The molecule has 1 N–H and O–H groups in total. The summed E-state index contributed by atoms with van der Waals surface area (Å²) >= 11 is 0. The number of carboxylic acids is 1. The highest BCUT2D eigenvalue weighted by molar-refractivity contribution is 5.79. The summed E-state index contributed by atoms with van der Waals surface area (Å²) in [5.41, 5.74) is 1.27. The minimum Gasteiger partial charge on any atom is -0.493 e. The zero-order valence-corrected chi connectivity index (χ0v) is 14.7. The van der Waals surface area contributed by atoms with Gasteiger partial charge in [0, 0.05) is 11.1 Å². The molecule has 1 unspecified atom stereocenters. The van der Waals surface area contributed by atoms with Crippen molar-refractivity contribution in [2.24, 2.45) is 5.92 Å². The van der Waals surface area contributed by atoms with Gasteiger partial charge in [0.25, 0.3) is 0 Å². The minimum atomic E-state index is -1.01. The summed E-state index contributed by atoms with van der Waals surface area (Å²) in [5.74, 6) is -2.47. The van der Waals surface area contributed by atoms with Crippen LogP contribution in [-0.4, -0.2) is 17.7 Å². The molecule has 138 valence electrons. The first-order valence-electron chi connectivity index (χ1n) is 8.96. The van der Waals surface area contributed by atoms with E-state index in [1.54, 1.807) is 12.1 Å². The second kappa shape index (κ2) is 7.85. The fourth-order valence-electron chi connectivity index (χ4n) is 3.82. The lowest BCUT2D eigenvalue weighted by molar-refractivity contribution is -0.140. The maximum Gasteiger partial charge on any atom is 0.311 e. The minimum absolute atomic E-state index is 0.0619. The summed E-state index contributed by atoms with van der Waals surface area (Å²) in [6, 6.07) is 8.52. The van der Waals surface area contributed by atoms with Crippen LogP contribution in [0.4, 0.5) is 8.78 Å². The van der Waals surface area contributed by atoms with E-state index in [9.17, 15) is 18.7 Å². The van der Waals surface area contributed by atoms with Crippen LogP contribution < -0.4 is 4.74 Å². The Morgan fingerprint density at radius 1 is 1.19 bits per heavy atom. The van der Waals surface area contributed by atoms with E-state index in [4.69, 9.17) is 4.74 Å². The average molecular weight is 360 g/mol. The number of halogens is 2. The zero-order chi connectivity index (χ0) is 18.7. The van der Waals surface area contributed by atoms with E-state index < -0.39 is 17.7 Å². The predicted octanol–water partition coefficient (Wildman–Crippen LogP) is 5.39. The van der Waals surface area contributed by atoms with E-state index in [0.29, 0.717) is 23.5 Å². The molecule has 1 fully saturated rings. The van der Waals surface area contributed by atoms with Crippen LogP contribution in [0, 0.1) is 17.6 Å². The molecule has 0 heterocycles. The van der Waals surface area contributed by atoms with Crippen LogP contribution in [0.25, 0.3) is 11.1 Å². The van der Waals surface area contributed by atoms with E-state index in [-0.39, 0.29) is 17.3 Å². The first kappa shape index (κ1) is 18.4. The maximum atomic E-state index is 14.9. The van der Waals surface area contributed by atoms with Gasteiger partial charge in [-0.25, -0.2) is 8.78 Å². The number of hydrogen-bond acceptors (Lipinski definition) is 2. The smallest absolute Gasteiger partial charge is 0.311 e. The lowest BCUT2D eigenvalue weighted by Gasteiger charge is -2.22. The monoisotopic (exact) mass is 360 g/mol. The highest BCUT2D eigenvalue weighted by Crippen LogP contribution is 2.42. The Balaban J connectivity index is 2.08. The fraction of sp³-hybridized carbons (Fsp3) is 0.381. The first-order valence-corrected chi connectivity index (χ1v) is 8.96. The van der Waals surface area contributed by atoms with Crippen molar-refractivity contribution < 1.29 is 23.4 Å². The molecule has 0 aromatic heterocycles. The van der Waals surface area contributed by atoms with Gasteiger partial charge in [0.1, 0.15) is 17.4 Å². The van der Waals surface area contributed by atoms with Crippen LogP contribution in [-0.2, 0) is 4.79 Å². The van der Waals surface area contributed by atoms with Crippen molar-refractivity contribution in [1.29, 1.82) is 0 Å². The molecule has 26 heavy (non-hydrogen) atoms. The molecule has 1 atom stereocenters. The normalized spacial score (nSPS) is 15.8. The largest absolute Gasteiger partial charge is 0.493 e. The van der Waals surface area contributed by atoms with Crippen LogP contribution in [0.3, 0.4) is 0 Å². The van der Waals surface area contributed by atoms with E-state index in [2.05, 4.69) is 0 Å². The zero-order valence-electron chi connectivity index (χ0n) is 14.7. The number of rotatable bonds is 6. The molecule has 0 aliphatic heterocycles. The molecule has 0 amide bonds. The Hall–Kier alpha value is -2.43. The molecule has 3 nitrogen and oxygen atoms in total. The second-order valence-electron chi connectivity index (χ2n) is 6.67. The van der Waals surface area contributed by atoms with Crippen molar-refractivity contribution >= 4 is 5.97 Å². The van der Waals surface area contributed by atoms with Gasteiger partial charge in [0.05, 0.1) is 12.5 Å². The Kier molecular flexibility index (Phi) is 5.55. The summed E-state index contributed by atoms with van der Waals surface area (Å²) in [6.07, 6.45) is 3.53. The SMILES string of the molecule is CCOc1cc(C(C(=O)O)C2CCCC2)c(F)cc1-c1ccc(F)cc1. The Morgan fingerprint density at radius 2 is 1.85 bits per heavy atom. The quantitative estimate of drug-likeness (QED) is 0.751. The number of ether oxygens (including phenoxy) is 1. The molecule has 1 saturated carbocycles. The average Bonchev–Trinajstić information content (AvgIpc) is 3.12. The molecule has 2 aromatic rings. The Labute approximate surface area is 151 Å². The summed E-state index contributed by atoms with van der Waals surface area (Å²) in [7, 11) is 0. The van der Waals surface area contributed by atoms with Gasteiger partial charge in [-0.3, -0.25) is 4.79 Å². The topological polar surface area (TPSA) is 46.5 Å². The molecule has 3 rings (SSSR count). The van der Waals surface area contributed by atoms with Gasteiger partial charge in [-0.2, -0.15) is 0 Å². The summed E-state index contributed by atoms with van der Waals surface area (Å²) in [5, 5.41) is 9.70. The summed E-state index contributed by atoms with van der Waals surface area (Å²) in [4.78, 5) is 11.9. The molecule has 1 aliphatic carbocycles. The van der Waals surface area contributed by atoms with Crippen LogP contribution in [0.1, 0.15) is 44.1 Å². The van der Waals surface area contributed by atoms with Crippen molar-refractivity contribution in [3.8, 4) is 16.9 Å². The third-order valence-corrected chi connectivity index (χ3v) is 5.03. The lowest BCUT2D eigenvalue weighted by Crippen LogP contribution is -2.21. The third-order valence-electron chi connectivity index (χ3n) is 5.03. The van der Waals surface area contributed by atoms with Crippen molar-refractivity contribution in [3.05, 3.63) is 53.6 Å². The number of benzene rings is 2. The molecule has 0 spiro atoms. The van der Waals surface area contributed by atoms with Crippen LogP contribution >= 0.6 is 0 Å².